The summed E-state index contributed by atoms with van der Waals surface area (Å²) in [5.41, 5.74) is 1.52. The fraction of sp³-hybridized carbons (Fsp3) is 0.333. The molecule has 2 amide bonds. The van der Waals surface area contributed by atoms with Gasteiger partial charge in [-0.25, -0.2) is 8.42 Å². The van der Waals surface area contributed by atoms with E-state index in [1.807, 2.05) is 37.3 Å². The van der Waals surface area contributed by atoms with Crippen LogP contribution in [0.25, 0.3) is 0 Å². The number of rotatable bonds is 9. The number of fused-ring (bicyclic) bond motifs is 1. The number of aliphatic hydroxyl groups excluding tert-OH is 1. The number of carbonyl (C=O) groups is 2. The van der Waals surface area contributed by atoms with Gasteiger partial charge in [0.25, 0.3) is 5.91 Å². The second kappa shape index (κ2) is 12.6. The Labute approximate surface area is 235 Å². The first-order valence-corrected chi connectivity index (χ1v) is 14.6. The number of ether oxygens (including phenoxy) is 1. The number of aliphatic hydroxyl groups is 1. The molecule has 3 aromatic carbocycles. The monoisotopic (exact) mass is 565 g/mol. The van der Waals surface area contributed by atoms with Crippen LogP contribution in [0, 0.1) is 5.92 Å². The minimum absolute atomic E-state index is 0.0446. The van der Waals surface area contributed by atoms with Gasteiger partial charge in [-0.2, -0.15) is 4.31 Å². The largest absolute Gasteiger partial charge is 0.488 e. The minimum Gasteiger partial charge on any atom is -0.488 e. The smallest absolute Gasteiger partial charge is 0.258 e. The lowest BCUT2D eigenvalue weighted by molar-refractivity contribution is -0.115. The Morgan fingerprint density at radius 3 is 2.40 bits per heavy atom. The molecule has 0 spiro atoms. The molecule has 2 N–H and O–H groups in total. The molecule has 0 aromatic heterocycles. The van der Waals surface area contributed by atoms with Gasteiger partial charge in [0.1, 0.15) is 11.9 Å². The van der Waals surface area contributed by atoms with E-state index in [-0.39, 0.29) is 60.1 Å². The van der Waals surface area contributed by atoms with Gasteiger partial charge < -0.3 is 20.1 Å². The van der Waals surface area contributed by atoms with Crippen molar-refractivity contribution in [3.8, 4) is 5.75 Å². The molecular formula is C30H35N3O6S. The third-order valence-electron chi connectivity index (χ3n) is 7.04. The Morgan fingerprint density at radius 2 is 1.75 bits per heavy atom. The fourth-order valence-electron chi connectivity index (χ4n) is 4.63. The molecule has 212 valence electrons. The van der Waals surface area contributed by atoms with Crippen LogP contribution in [0.3, 0.4) is 0 Å². The Balaban J connectivity index is 1.62. The molecular weight excluding hydrogens is 530 g/mol. The van der Waals surface area contributed by atoms with E-state index in [1.165, 1.54) is 11.4 Å². The SMILES string of the molecule is C[C@H]1CN([C@@H](C)CO)C(=O)c2cc(NC(=O)Cc3ccccc3)ccc2O[C@H]1CN(C)S(=O)(=O)c1ccccc1. The van der Waals surface area contributed by atoms with Gasteiger partial charge >= 0.3 is 0 Å². The molecule has 1 heterocycles. The van der Waals surface area contributed by atoms with Gasteiger partial charge in [0.15, 0.2) is 0 Å². The third kappa shape index (κ3) is 6.70. The summed E-state index contributed by atoms with van der Waals surface area (Å²) in [5.74, 6) is -0.551. The predicted molar refractivity (Wildman–Crippen MR) is 153 cm³/mol. The first-order valence-electron chi connectivity index (χ1n) is 13.2. The Bertz CT molecular complexity index is 1430. The average molecular weight is 566 g/mol. The van der Waals surface area contributed by atoms with Crippen LogP contribution in [0.2, 0.25) is 0 Å². The van der Waals surface area contributed by atoms with Crippen molar-refractivity contribution in [1.29, 1.82) is 0 Å². The number of amides is 2. The summed E-state index contributed by atoms with van der Waals surface area (Å²) in [6.07, 6.45) is -0.417. The van der Waals surface area contributed by atoms with Crippen molar-refractivity contribution in [3.05, 3.63) is 90.0 Å². The van der Waals surface area contributed by atoms with Crippen molar-refractivity contribution >= 4 is 27.5 Å². The number of benzene rings is 3. The summed E-state index contributed by atoms with van der Waals surface area (Å²) >= 11 is 0. The summed E-state index contributed by atoms with van der Waals surface area (Å²) in [6.45, 7) is 3.69. The van der Waals surface area contributed by atoms with E-state index in [2.05, 4.69) is 5.32 Å². The van der Waals surface area contributed by atoms with Crippen molar-refractivity contribution in [1.82, 2.24) is 9.21 Å². The summed E-state index contributed by atoms with van der Waals surface area (Å²) in [6, 6.07) is 21.9. The van der Waals surface area contributed by atoms with Crippen molar-refractivity contribution in [3.63, 3.8) is 0 Å². The molecule has 0 bridgehead atoms. The zero-order valence-electron chi connectivity index (χ0n) is 22.9. The molecule has 9 nitrogen and oxygen atoms in total. The van der Waals surface area contributed by atoms with E-state index < -0.39 is 22.2 Å². The van der Waals surface area contributed by atoms with Crippen LogP contribution in [0.1, 0.15) is 29.8 Å². The van der Waals surface area contributed by atoms with Gasteiger partial charge in [0, 0.05) is 25.2 Å². The molecule has 0 unspecified atom stereocenters. The van der Waals surface area contributed by atoms with Crippen molar-refractivity contribution < 1.29 is 27.9 Å². The van der Waals surface area contributed by atoms with Crippen LogP contribution in [-0.2, 0) is 21.2 Å². The van der Waals surface area contributed by atoms with Crippen molar-refractivity contribution in [2.45, 2.75) is 37.3 Å². The number of sulfonamides is 1. The molecule has 40 heavy (non-hydrogen) atoms. The summed E-state index contributed by atoms with van der Waals surface area (Å²) in [5, 5.41) is 12.7. The molecule has 0 radical (unpaired) electrons. The van der Waals surface area contributed by atoms with Gasteiger partial charge in [-0.1, -0.05) is 55.5 Å². The number of nitrogens with one attached hydrogen (secondary N) is 1. The third-order valence-corrected chi connectivity index (χ3v) is 8.88. The lowest BCUT2D eigenvalue weighted by Crippen LogP contribution is -2.50. The van der Waals surface area contributed by atoms with Crippen LogP contribution in [0.4, 0.5) is 5.69 Å². The molecule has 0 aliphatic carbocycles. The lowest BCUT2D eigenvalue weighted by atomic mass is 9.99. The topological polar surface area (TPSA) is 116 Å². The van der Waals surface area contributed by atoms with Crippen LogP contribution in [0.15, 0.2) is 83.8 Å². The number of hydrogen-bond acceptors (Lipinski definition) is 6. The van der Waals surface area contributed by atoms with Crippen LogP contribution in [-0.4, -0.2) is 73.4 Å². The first-order chi connectivity index (χ1) is 19.1. The van der Waals surface area contributed by atoms with Gasteiger partial charge in [-0.3, -0.25) is 9.59 Å². The van der Waals surface area contributed by atoms with Crippen LogP contribution in [0.5, 0.6) is 5.75 Å². The Morgan fingerprint density at radius 1 is 1.10 bits per heavy atom. The second-order valence-electron chi connectivity index (χ2n) is 10.1. The number of nitrogens with zero attached hydrogens (tertiary/aromatic N) is 2. The molecule has 0 fully saturated rings. The summed E-state index contributed by atoms with van der Waals surface area (Å²) in [7, 11) is -2.26. The minimum atomic E-state index is -3.77. The standard InChI is InChI=1S/C30H35N3O6S/c1-21-18-33(22(2)20-34)30(36)26-17-24(31-29(35)16-23-10-6-4-7-11-23)14-15-27(26)39-28(21)19-32(3)40(37,38)25-12-8-5-9-13-25/h4-15,17,21-22,28,34H,16,18-20H2,1-3H3,(H,31,35)/t21-,22-,28-/m0/s1. The molecule has 1 aliphatic rings. The quantitative estimate of drug-likeness (QED) is 0.411. The molecule has 4 rings (SSSR count). The molecule has 3 aromatic rings. The molecule has 0 saturated carbocycles. The van der Waals surface area contributed by atoms with Gasteiger partial charge in [0.2, 0.25) is 15.9 Å². The van der Waals surface area contributed by atoms with Gasteiger partial charge in [-0.05, 0) is 42.8 Å². The highest BCUT2D eigenvalue weighted by Gasteiger charge is 2.35. The van der Waals surface area contributed by atoms with Gasteiger partial charge in [0.05, 0.1) is 36.1 Å². The first kappa shape index (κ1) is 29.3. The number of carbonyl (C=O) groups excluding carboxylic acids is 2. The molecule has 3 atom stereocenters. The van der Waals surface area contributed by atoms with Crippen LogP contribution < -0.4 is 10.1 Å². The maximum absolute atomic E-state index is 13.7. The summed E-state index contributed by atoms with van der Waals surface area (Å²) < 4.78 is 34.0. The van der Waals surface area contributed by atoms with Crippen LogP contribution >= 0.6 is 0 Å². The highest BCUT2D eigenvalue weighted by atomic mass is 32.2. The molecule has 1 aliphatic heterocycles. The van der Waals surface area contributed by atoms with E-state index in [0.29, 0.717) is 5.69 Å². The van der Waals surface area contributed by atoms with E-state index in [0.717, 1.165) is 5.56 Å². The zero-order chi connectivity index (χ0) is 28.9. The molecule has 0 saturated heterocycles. The highest BCUT2D eigenvalue weighted by molar-refractivity contribution is 7.89. The maximum Gasteiger partial charge on any atom is 0.258 e. The number of likely N-dealkylation sites (N-methyl/N-ethyl adjacent to an activating group) is 1. The fourth-order valence-corrected chi connectivity index (χ4v) is 5.83. The van der Waals surface area contributed by atoms with E-state index in [9.17, 15) is 23.1 Å². The predicted octanol–water partition coefficient (Wildman–Crippen LogP) is 3.41. The molecule has 10 heteroatoms. The number of hydrogen-bond donors (Lipinski definition) is 2. The normalized spacial score (nSPS) is 18.3. The lowest BCUT2D eigenvalue weighted by Gasteiger charge is -2.38. The summed E-state index contributed by atoms with van der Waals surface area (Å²) in [4.78, 5) is 28.1. The highest BCUT2D eigenvalue weighted by Crippen LogP contribution is 2.31. The Kier molecular flexibility index (Phi) is 9.24. The average Bonchev–Trinajstić information content (AvgIpc) is 2.95. The van der Waals surface area contributed by atoms with Crippen molar-refractivity contribution in [2.75, 3.05) is 32.1 Å². The van der Waals surface area contributed by atoms with E-state index in [4.69, 9.17) is 4.74 Å². The maximum atomic E-state index is 13.7. The van der Waals surface area contributed by atoms with Gasteiger partial charge in [-0.15, -0.1) is 0 Å². The van der Waals surface area contributed by atoms with E-state index >= 15 is 0 Å². The number of anilines is 1. The van der Waals surface area contributed by atoms with E-state index in [1.54, 1.807) is 60.4 Å². The second-order valence-corrected chi connectivity index (χ2v) is 12.2. The van der Waals surface area contributed by atoms with Crippen molar-refractivity contribution in [2.24, 2.45) is 5.92 Å². The Hall–Kier alpha value is -3.73. The zero-order valence-corrected chi connectivity index (χ0v) is 23.7.